The third-order valence-corrected chi connectivity index (χ3v) is 1.64. The van der Waals surface area contributed by atoms with Crippen LogP contribution in [0.3, 0.4) is 0 Å². The lowest BCUT2D eigenvalue weighted by molar-refractivity contribution is -0.159. The van der Waals surface area contributed by atoms with Gasteiger partial charge in [-0.3, -0.25) is 4.79 Å². The van der Waals surface area contributed by atoms with Gasteiger partial charge < -0.3 is 20.7 Å². The molecule has 0 aliphatic heterocycles. The summed E-state index contributed by atoms with van der Waals surface area (Å²) in [4.78, 5) is 22.3. The first-order valence-electron chi connectivity index (χ1n) is 4.32. The lowest BCUT2D eigenvalue weighted by atomic mass is 10.1. The molecule has 0 amide bonds. The standard InChI is InChI=1S/C9H15NO5/c1-5(2)9(14)15-8(6(12)3-10)7(13)4-11/h7-8,11,13H,1,3-4,10H2,2H3. The van der Waals surface area contributed by atoms with Crippen molar-refractivity contribution >= 4 is 11.8 Å². The van der Waals surface area contributed by atoms with Gasteiger partial charge in [-0.05, 0) is 6.92 Å². The molecule has 0 fully saturated rings. The van der Waals surface area contributed by atoms with Crippen molar-refractivity contribution in [2.75, 3.05) is 13.2 Å². The number of hydrogen-bond acceptors (Lipinski definition) is 6. The first-order valence-corrected chi connectivity index (χ1v) is 4.32. The minimum Gasteiger partial charge on any atom is -0.448 e. The predicted molar refractivity (Wildman–Crippen MR) is 51.8 cm³/mol. The molecule has 4 N–H and O–H groups in total. The Morgan fingerprint density at radius 1 is 1.53 bits per heavy atom. The van der Waals surface area contributed by atoms with E-state index in [1.54, 1.807) is 0 Å². The van der Waals surface area contributed by atoms with Gasteiger partial charge in [-0.25, -0.2) is 4.79 Å². The molecule has 0 heterocycles. The fourth-order valence-electron chi connectivity index (χ4n) is 0.787. The maximum Gasteiger partial charge on any atom is 0.333 e. The molecule has 0 aliphatic carbocycles. The van der Waals surface area contributed by atoms with Crippen molar-refractivity contribution in [3.8, 4) is 0 Å². The van der Waals surface area contributed by atoms with Crippen molar-refractivity contribution in [3.63, 3.8) is 0 Å². The van der Waals surface area contributed by atoms with Crippen molar-refractivity contribution in [2.45, 2.75) is 19.1 Å². The maximum absolute atomic E-state index is 11.2. The highest BCUT2D eigenvalue weighted by Gasteiger charge is 2.29. The largest absolute Gasteiger partial charge is 0.448 e. The van der Waals surface area contributed by atoms with Crippen LogP contribution in [0.5, 0.6) is 0 Å². The molecule has 86 valence electrons. The molecule has 0 saturated heterocycles. The van der Waals surface area contributed by atoms with Crippen LogP contribution < -0.4 is 5.73 Å². The SMILES string of the molecule is C=C(C)C(=O)OC(C(=O)CN)C(O)CO. The zero-order valence-electron chi connectivity index (χ0n) is 8.47. The van der Waals surface area contributed by atoms with Crippen molar-refractivity contribution in [1.82, 2.24) is 0 Å². The fraction of sp³-hybridized carbons (Fsp3) is 0.556. The van der Waals surface area contributed by atoms with Crippen molar-refractivity contribution in [3.05, 3.63) is 12.2 Å². The Hall–Kier alpha value is -1.24. The molecule has 6 heteroatoms. The molecule has 6 nitrogen and oxygen atoms in total. The quantitative estimate of drug-likeness (QED) is 0.363. The number of ketones is 1. The topological polar surface area (TPSA) is 110 Å². The molecule has 0 rings (SSSR count). The van der Waals surface area contributed by atoms with E-state index in [2.05, 4.69) is 11.3 Å². The summed E-state index contributed by atoms with van der Waals surface area (Å²) in [5.74, 6) is -1.47. The van der Waals surface area contributed by atoms with Crippen LogP contribution in [0.4, 0.5) is 0 Å². The van der Waals surface area contributed by atoms with Gasteiger partial charge in [0.2, 0.25) is 0 Å². The van der Waals surface area contributed by atoms with Gasteiger partial charge in [0.05, 0.1) is 13.2 Å². The smallest absolute Gasteiger partial charge is 0.333 e. The Kier molecular flexibility index (Phi) is 5.76. The number of ether oxygens (including phenoxy) is 1. The minimum atomic E-state index is -1.47. The monoisotopic (exact) mass is 217 g/mol. The summed E-state index contributed by atoms with van der Waals surface area (Å²) in [6.45, 7) is 3.64. The van der Waals surface area contributed by atoms with Crippen LogP contribution in [0, 0.1) is 0 Å². The van der Waals surface area contributed by atoms with Crippen molar-refractivity contribution < 1.29 is 24.5 Å². The molecule has 0 aromatic rings. The average molecular weight is 217 g/mol. The number of rotatable bonds is 6. The number of carbonyl (C=O) groups excluding carboxylic acids is 2. The van der Waals surface area contributed by atoms with Gasteiger partial charge in [0.1, 0.15) is 6.10 Å². The summed E-state index contributed by atoms with van der Waals surface area (Å²) in [7, 11) is 0. The molecule has 0 bridgehead atoms. The normalized spacial score (nSPS) is 14.1. The molecule has 0 spiro atoms. The van der Waals surface area contributed by atoms with E-state index >= 15 is 0 Å². The highest BCUT2D eigenvalue weighted by Crippen LogP contribution is 2.04. The average Bonchev–Trinajstić information content (AvgIpc) is 2.23. The second-order valence-electron chi connectivity index (χ2n) is 3.03. The van der Waals surface area contributed by atoms with E-state index in [9.17, 15) is 14.7 Å². The fourth-order valence-corrected chi connectivity index (χ4v) is 0.787. The Bertz CT molecular complexity index is 263. The molecule has 0 saturated carbocycles. The zero-order chi connectivity index (χ0) is 12.0. The molecule has 15 heavy (non-hydrogen) atoms. The van der Waals surface area contributed by atoms with E-state index in [-0.39, 0.29) is 12.1 Å². The summed E-state index contributed by atoms with van der Waals surface area (Å²) in [5.41, 5.74) is 5.15. The van der Waals surface area contributed by atoms with Crippen LogP contribution in [0.1, 0.15) is 6.92 Å². The molecule has 0 aromatic heterocycles. The van der Waals surface area contributed by atoms with E-state index in [1.165, 1.54) is 6.92 Å². The Morgan fingerprint density at radius 3 is 2.40 bits per heavy atom. The van der Waals surface area contributed by atoms with Gasteiger partial charge in [0.25, 0.3) is 0 Å². The third kappa shape index (κ3) is 4.20. The summed E-state index contributed by atoms with van der Waals surface area (Å²) in [6.07, 6.45) is -2.91. The first-order chi connectivity index (χ1) is 6.93. The lowest BCUT2D eigenvalue weighted by Gasteiger charge is -2.19. The number of Topliss-reactive ketones (excluding diaryl/α,β-unsaturated/α-hetero) is 1. The highest BCUT2D eigenvalue weighted by molar-refractivity contribution is 5.92. The summed E-state index contributed by atoms with van der Waals surface area (Å²) >= 11 is 0. The van der Waals surface area contributed by atoms with E-state index in [4.69, 9.17) is 10.8 Å². The molecular weight excluding hydrogens is 202 g/mol. The van der Waals surface area contributed by atoms with E-state index in [0.29, 0.717) is 0 Å². The van der Waals surface area contributed by atoms with Crippen molar-refractivity contribution in [2.24, 2.45) is 5.73 Å². The number of esters is 1. The Morgan fingerprint density at radius 2 is 2.07 bits per heavy atom. The summed E-state index contributed by atoms with van der Waals surface area (Å²) in [5, 5.41) is 17.9. The van der Waals surface area contributed by atoms with Crippen LogP contribution in [0.15, 0.2) is 12.2 Å². The lowest BCUT2D eigenvalue weighted by Crippen LogP contribution is -2.43. The predicted octanol–water partition coefficient (Wildman–Crippen LogP) is -1.64. The molecular formula is C9H15NO5. The van der Waals surface area contributed by atoms with Gasteiger partial charge in [-0.2, -0.15) is 0 Å². The van der Waals surface area contributed by atoms with Gasteiger partial charge in [-0.1, -0.05) is 6.58 Å². The van der Waals surface area contributed by atoms with Gasteiger partial charge in [0.15, 0.2) is 11.9 Å². The second-order valence-corrected chi connectivity index (χ2v) is 3.03. The molecule has 2 atom stereocenters. The first kappa shape index (κ1) is 13.8. The number of carbonyl (C=O) groups is 2. The van der Waals surface area contributed by atoms with Gasteiger partial charge in [-0.15, -0.1) is 0 Å². The zero-order valence-corrected chi connectivity index (χ0v) is 8.47. The number of aliphatic hydroxyl groups is 2. The van der Waals surface area contributed by atoms with E-state index in [0.717, 1.165) is 0 Å². The highest BCUT2D eigenvalue weighted by atomic mass is 16.6. The number of nitrogens with two attached hydrogens (primary N) is 1. The number of aliphatic hydroxyl groups excluding tert-OH is 2. The Balaban J connectivity index is 4.58. The molecule has 0 aromatic carbocycles. The van der Waals surface area contributed by atoms with Crippen molar-refractivity contribution in [1.29, 1.82) is 0 Å². The second kappa shape index (κ2) is 6.28. The maximum atomic E-state index is 11.2. The van der Waals surface area contributed by atoms with Crippen LogP contribution in [-0.4, -0.2) is 47.3 Å². The van der Waals surface area contributed by atoms with Crippen LogP contribution in [0.2, 0.25) is 0 Å². The van der Waals surface area contributed by atoms with Gasteiger partial charge >= 0.3 is 5.97 Å². The van der Waals surface area contributed by atoms with Crippen LogP contribution in [-0.2, 0) is 14.3 Å². The summed E-state index contributed by atoms with van der Waals surface area (Å²) in [6, 6.07) is 0. The summed E-state index contributed by atoms with van der Waals surface area (Å²) < 4.78 is 4.64. The minimum absolute atomic E-state index is 0.0926. The van der Waals surface area contributed by atoms with E-state index in [1.807, 2.05) is 0 Å². The number of hydrogen-bond donors (Lipinski definition) is 3. The molecule has 2 unspecified atom stereocenters. The van der Waals surface area contributed by atoms with Gasteiger partial charge in [0, 0.05) is 5.57 Å². The molecule has 0 aliphatic rings. The van der Waals surface area contributed by atoms with Crippen LogP contribution >= 0.6 is 0 Å². The Labute approximate surface area is 87.3 Å². The van der Waals surface area contributed by atoms with Crippen LogP contribution in [0.25, 0.3) is 0 Å². The third-order valence-electron chi connectivity index (χ3n) is 1.64. The van der Waals surface area contributed by atoms with E-state index < -0.39 is 30.6 Å². The molecule has 0 radical (unpaired) electrons.